The van der Waals surface area contributed by atoms with Gasteiger partial charge in [0.1, 0.15) is 5.75 Å². The van der Waals surface area contributed by atoms with Crippen molar-refractivity contribution >= 4 is 6.08 Å². The largest absolute Gasteiger partial charge is 0.496 e. The van der Waals surface area contributed by atoms with Crippen molar-refractivity contribution in [2.75, 3.05) is 27.4 Å². The molecule has 0 aliphatic rings. The molecule has 94 valence electrons. The van der Waals surface area contributed by atoms with Crippen LogP contribution < -0.4 is 19.9 Å². The Kier molecular flexibility index (Phi) is 5.36. The molecule has 1 aromatic rings. The molecule has 0 radical (unpaired) electrons. The molecule has 0 saturated heterocycles. The zero-order valence-electron chi connectivity index (χ0n) is 10.5. The first kappa shape index (κ1) is 13.4. The maximum Gasteiger partial charge on any atom is 0.164 e. The Labute approximate surface area is 102 Å². The Morgan fingerprint density at radius 2 is 1.82 bits per heavy atom. The van der Waals surface area contributed by atoms with E-state index < -0.39 is 0 Å². The molecule has 2 N–H and O–H groups in total. The minimum Gasteiger partial charge on any atom is -0.496 e. The van der Waals surface area contributed by atoms with Crippen molar-refractivity contribution in [3.05, 3.63) is 23.8 Å². The van der Waals surface area contributed by atoms with Gasteiger partial charge in [-0.3, -0.25) is 0 Å². The summed E-state index contributed by atoms with van der Waals surface area (Å²) in [5.74, 6) is 2.09. The van der Waals surface area contributed by atoms with Gasteiger partial charge in [0.25, 0.3) is 0 Å². The van der Waals surface area contributed by atoms with Gasteiger partial charge in [-0.25, -0.2) is 0 Å². The molecule has 0 fully saturated rings. The van der Waals surface area contributed by atoms with E-state index in [1.165, 1.54) is 0 Å². The van der Waals surface area contributed by atoms with Crippen LogP contribution in [0.2, 0.25) is 0 Å². The van der Waals surface area contributed by atoms with Gasteiger partial charge in [-0.2, -0.15) is 0 Å². The molecule has 0 heterocycles. The molecule has 1 rings (SSSR count). The zero-order chi connectivity index (χ0) is 12.7. The van der Waals surface area contributed by atoms with E-state index in [9.17, 15) is 0 Å². The van der Waals surface area contributed by atoms with E-state index in [0.29, 0.717) is 24.7 Å². The van der Waals surface area contributed by atoms with Gasteiger partial charge in [-0.15, -0.1) is 0 Å². The minimum absolute atomic E-state index is 0.485. The summed E-state index contributed by atoms with van der Waals surface area (Å²) < 4.78 is 16.0. The van der Waals surface area contributed by atoms with Crippen molar-refractivity contribution in [1.82, 2.24) is 0 Å². The lowest BCUT2D eigenvalue weighted by Crippen LogP contribution is -1.98. The quantitative estimate of drug-likeness (QED) is 0.823. The van der Waals surface area contributed by atoms with Crippen LogP contribution in [0.4, 0.5) is 0 Å². The number of methoxy groups -OCH3 is 2. The maximum absolute atomic E-state index is 5.50. The van der Waals surface area contributed by atoms with Crippen LogP contribution in [0.1, 0.15) is 12.5 Å². The first-order valence-electron chi connectivity index (χ1n) is 5.52. The fraction of sp³-hybridized carbons (Fsp3) is 0.385. The molecule has 0 spiro atoms. The molecule has 0 saturated carbocycles. The molecule has 17 heavy (non-hydrogen) atoms. The van der Waals surface area contributed by atoms with Gasteiger partial charge >= 0.3 is 0 Å². The van der Waals surface area contributed by atoms with E-state index in [2.05, 4.69) is 0 Å². The fourth-order valence-corrected chi connectivity index (χ4v) is 1.49. The standard InChI is InChI=1S/C13H19NO3/c1-4-17-13-8-10(6-5-7-14)11(15-2)9-12(13)16-3/h5-6,8-9H,4,7,14H2,1-3H3/b6-5+. The topological polar surface area (TPSA) is 53.7 Å². The summed E-state index contributed by atoms with van der Waals surface area (Å²) in [6.07, 6.45) is 3.76. The van der Waals surface area contributed by atoms with E-state index in [4.69, 9.17) is 19.9 Å². The van der Waals surface area contributed by atoms with Crippen molar-refractivity contribution in [2.45, 2.75) is 6.92 Å². The third kappa shape index (κ3) is 3.39. The third-order valence-electron chi connectivity index (χ3n) is 2.25. The molecule has 4 nitrogen and oxygen atoms in total. The van der Waals surface area contributed by atoms with Crippen molar-refractivity contribution in [3.8, 4) is 17.2 Å². The lowest BCUT2D eigenvalue weighted by Gasteiger charge is -2.13. The minimum atomic E-state index is 0.485. The highest BCUT2D eigenvalue weighted by atomic mass is 16.5. The molecule has 0 aromatic heterocycles. The summed E-state index contributed by atoms with van der Waals surface area (Å²) in [5, 5.41) is 0. The normalized spacial score (nSPS) is 10.6. The molecule has 4 heteroatoms. The summed E-state index contributed by atoms with van der Waals surface area (Å²) >= 11 is 0. The number of rotatable bonds is 6. The second-order valence-corrected chi connectivity index (χ2v) is 3.32. The smallest absolute Gasteiger partial charge is 0.164 e. The highest BCUT2D eigenvalue weighted by Crippen LogP contribution is 2.35. The van der Waals surface area contributed by atoms with Crippen molar-refractivity contribution in [1.29, 1.82) is 0 Å². The summed E-state index contributed by atoms with van der Waals surface area (Å²) in [5.41, 5.74) is 6.36. The second kappa shape index (κ2) is 6.81. The van der Waals surface area contributed by atoms with Crippen LogP contribution in [-0.2, 0) is 0 Å². The molecule has 0 amide bonds. The van der Waals surface area contributed by atoms with Crippen molar-refractivity contribution in [2.24, 2.45) is 5.73 Å². The molecule has 0 bridgehead atoms. The second-order valence-electron chi connectivity index (χ2n) is 3.32. The van der Waals surface area contributed by atoms with Crippen LogP contribution >= 0.6 is 0 Å². The van der Waals surface area contributed by atoms with E-state index in [1.807, 2.05) is 25.1 Å². The van der Waals surface area contributed by atoms with Gasteiger partial charge in [0.2, 0.25) is 0 Å². The average Bonchev–Trinajstić information content (AvgIpc) is 2.36. The maximum atomic E-state index is 5.50. The monoisotopic (exact) mass is 237 g/mol. The molecule has 0 atom stereocenters. The highest BCUT2D eigenvalue weighted by Gasteiger charge is 2.10. The summed E-state index contributed by atoms with van der Waals surface area (Å²) in [6, 6.07) is 3.69. The van der Waals surface area contributed by atoms with E-state index in [0.717, 1.165) is 11.3 Å². The van der Waals surface area contributed by atoms with Crippen LogP contribution in [0.25, 0.3) is 6.08 Å². The Balaban J connectivity index is 3.18. The SMILES string of the molecule is CCOc1cc(/C=C/CN)c(OC)cc1OC. The first-order chi connectivity index (χ1) is 8.26. The Morgan fingerprint density at radius 1 is 1.12 bits per heavy atom. The fourth-order valence-electron chi connectivity index (χ4n) is 1.49. The van der Waals surface area contributed by atoms with Crippen molar-refractivity contribution in [3.63, 3.8) is 0 Å². The van der Waals surface area contributed by atoms with Gasteiger partial charge in [0.05, 0.1) is 20.8 Å². The van der Waals surface area contributed by atoms with E-state index >= 15 is 0 Å². The van der Waals surface area contributed by atoms with Gasteiger partial charge in [-0.1, -0.05) is 12.2 Å². The molecule has 1 aromatic carbocycles. The Hall–Kier alpha value is -1.68. The summed E-state index contributed by atoms with van der Waals surface area (Å²) in [4.78, 5) is 0. The van der Waals surface area contributed by atoms with Crippen LogP contribution in [-0.4, -0.2) is 27.4 Å². The number of hydrogen-bond donors (Lipinski definition) is 1. The van der Waals surface area contributed by atoms with Gasteiger partial charge in [0.15, 0.2) is 11.5 Å². The number of ether oxygens (including phenoxy) is 3. The lowest BCUT2D eigenvalue weighted by molar-refractivity contribution is 0.308. The average molecular weight is 237 g/mol. The molecular formula is C13H19NO3. The summed E-state index contributed by atoms with van der Waals surface area (Å²) in [7, 11) is 3.22. The van der Waals surface area contributed by atoms with Gasteiger partial charge in [0, 0.05) is 18.2 Å². The number of hydrogen-bond acceptors (Lipinski definition) is 4. The van der Waals surface area contributed by atoms with Gasteiger partial charge in [-0.05, 0) is 13.0 Å². The number of nitrogens with two attached hydrogens (primary N) is 1. The molecular weight excluding hydrogens is 218 g/mol. The van der Waals surface area contributed by atoms with Crippen LogP contribution in [0.5, 0.6) is 17.2 Å². The predicted molar refractivity (Wildman–Crippen MR) is 68.8 cm³/mol. The van der Waals surface area contributed by atoms with Gasteiger partial charge < -0.3 is 19.9 Å². The summed E-state index contributed by atoms with van der Waals surface area (Å²) in [6.45, 7) is 3.00. The molecule has 0 aliphatic heterocycles. The van der Waals surface area contributed by atoms with Crippen LogP contribution in [0.3, 0.4) is 0 Å². The van der Waals surface area contributed by atoms with Crippen molar-refractivity contribution < 1.29 is 14.2 Å². The molecule has 0 unspecified atom stereocenters. The van der Waals surface area contributed by atoms with E-state index in [-0.39, 0.29) is 0 Å². The predicted octanol–water partition coefficient (Wildman–Crippen LogP) is 2.07. The highest BCUT2D eigenvalue weighted by molar-refractivity contribution is 5.63. The Bertz CT molecular complexity index is 388. The van der Waals surface area contributed by atoms with Crippen LogP contribution in [0.15, 0.2) is 18.2 Å². The first-order valence-corrected chi connectivity index (χ1v) is 5.52. The zero-order valence-corrected chi connectivity index (χ0v) is 10.5. The lowest BCUT2D eigenvalue weighted by atomic mass is 10.1. The molecule has 0 aliphatic carbocycles. The van der Waals surface area contributed by atoms with E-state index in [1.54, 1.807) is 20.3 Å². The third-order valence-corrected chi connectivity index (χ3v) is 2.25. The number of benzene rings is 1. The Morgan fingerprint density at radius 3 is 2.35 bits per heavy atom. The van der Waals surface area contributed by atoms with Crippen LogP contribution in [0, 0.1) is 0 Å².